The molecular weight excluding hydrogens is 434 g/mol. The van der Waals surface area contributed by atoms with Gasteiger partial charge in [-0.25, -0.2) is 15.0 Å². The average molecular weight is 454 g/mol. The summed E-state index contributed by atoms with van der Waals surface area (Å²) in [7, 11) is 1.52. The van der Waals surface area contributed by atoms with E-state index in [4.69, 9.17) is 26.2 Å². The number of anilines is 1. The summed E-state index contributed by atoms with van der Waals surface area (Å²) in [6.07, 6.45) is 1.43. The van der Waals surface area contributed by atoms with E-state index in [9.17, 15) is 9.59 Å². The van der Waals surface area contributed by atoms with E-state index >= 15 is 0 Å². The number of nitrogens with zero attached hydrogens (tertiary/aromatic N) is 1. The highest BCUT2D eigenvalue weighted by Crippen LogP contribution is 2.30. The number of ether oxygens (including phenoxy) is 2. The number of amides is 2. The van der Waals surface area contributed by atoms with Crippen LogP contribution in [0.15, 0.2) is 71.8 Å². The molecule has 164 valence electrons. The van der Waals surface area contributed by atoms with Gasteiger partial charge in [0.25, 0.3) is 0 Å². The molecule has 0 aromatic heterocycles. The number of halogens is 1. The lowest BCUT2D eigenvalue weighted by molar-refractivity contribution is 0.0697. The molecule has 8 nitrogen and oxygen atoms in total. The Hall–Kier alpha value is -4.04. The number of carboxylic acid groups (broad SMARTS) is 1. The maximum Gasteiger partial charge on any atom is 0.339 e. The molecule has 3 rings (SSSR count). The second kappa shape index (κ2) is 10.8. The van der Waals surface area contributed by atoms with Crippen LogP contribution in [0.3, 0.4) is 0 Å². The largest absolute Gasteiger partial charge is 0.493 e. The molecule has 0 aliphatic heterocycles. The number of aromatic carboxylic acids is 1. The van der Waals surface area contributed by atoms with Crippen molar-refractivity contribution in [2.75, 3.05) is 12.4 Å². The number of nitrogens with one attached hydrogen (secondary N) is 2. The number of carbonyl (C=O) groups excluding carboxylic acids is 1. The second-order valence-corrected chi connectivity index (χ2v) is 6.94. The predicted octanol–water partition coefficient (Wildman–Crippen LogP) is 4.78. The second-order valence-electron chi connectivity index (χ2n) is 6.50. The molecule has 0 saturated heterocycles. The number of hydrogen-bond donors (Lipinski definition) is 3. The summed E-state index contributed by atoms with van der Waals surface area (Å²) in [4.78, 5) is 23.0. The third-order valence-corrected chi connectivity index (χ3v) is 4.50. The summed E-state index contributed by atoms with van der Waals surface area (Å²) in [5.74, 6) is -0.0785. The first kappa shape index (κ1) is 22.6. The summed E-state index contributed by atoms with van der Waals surface area (Å²) < 4.78 is 11.3. The van der Waals surface area contributed by atoms with Crippen molar-refractivity contribution in [1.82, 2.24) is 5.43 Å². The molecule has 0 radical (unpaired) electrons. The molecule has 0 heterocycles. The number of carboxylic acids is 1. The molecule has 3 aromatic rings. The van der Waals surface area contributed by atoms with Gasteiger partial charge in [-0.1, -0.05) is 35.9 Å². The van der Waals surface area contributed by atoms with Crippen molar-refractivity contribution in [1.29, 1.82) is 0 Å². The minimum atomic E-state index is -0.993. The van der Waals surface area contributed by atoms with E-state index in [1.165, 1.54) is 25.5 Å². The third-order valence-electron chi connectivity index (χ3n) is 4.27. The van der Waals surface area contributed by atoms with Gasteiger partial charge >= 0.3 is 12.0 Å². The standard InChI is InChI=1S/C23H20ClN3O5/c1-31-20-7-2-4-17(13-25-27-23(30)26-19-6-3-5-18(24)12-19)21(20)32-14-15-8-10-16(11-9-15)22(28)29/h2-13H,14H2,1H3,(H,28,29)(H2,26,27,30)/b25-13+. The molecule has 9 heteroatoms. The number of hydrogen-bond acceptors (Lipinski definition) is 5. The number of hydrazone groups is 1. The fourth-order valence-electron chi connectivity index (χ4n) is 2.73. The van der Waals surface area contributed by atoms with Gasteiger partial charge in [0.15, 0.2) is 11.5 Å². The van der Waals surface area contributed by atoms with Gasteiger partial charge in [-0.15, -0.1) is 0 Å². The smallest absolute Gasteiger partial charge is 0.339 e. The van der Waals surface area contributed by atoms with Crippen molar-refractivity contribution in [3.8, 4) is 11.5 Å². The van der Waals surface area contributed by atoms with Gasteiger partial charge in [0.2, 0.25) is 0 Å². The van der Waals surface area contributed by atoms with Crippen LogP contribution in [0.25, 0.3) is 0 Å². The van der Waals surface area contributed by atoms with Gasteiger partial charge in [-0.3, -0.25) is 0 Å². The van der Waals surface area contributed by atoms with E-state index in [-0.39, 0.29) is 12.2 Å². The van der Waals surface area contributed by atoms with Gasteiger partial charge in [0.1, 0.15) is 6.61 Å². The van der Waals surface area contributed by atoms with Crippen LogP contribution >= 0.6 is 11.6 Å². The average Bonchev–Trinajstić information content (AvgIpc) is 2.78. The first-order valence-corrected chi connectivity index (χ1v) is 9.81. The molecule has 3 N–H and O–H groups in total. The number of methoxy groups -OCH3 is 1. The van der Waals surface area contributed by atoms with E-state index in [2.05, 4.69) is 15.8 Å². The first-order chi connectivity index (χ1) is 15.5. The Bertz CT molecular complexity index is 1130. The van der Waals surface area contributed by atoms with Crippen molar-refractivity contribution in [3.63, 3.8) is 0 Å². The Morgan fingerprint density at radius 1 is 1.09 bits per heavy atom. The quantitative estimate of drug-likeness (QED) is 0.336. The molecule has 0 atom stereocenters. The van der Waals surface area contributed by atoms with E-state index in [0.29, 0.717) is 27.8 Å². The fraction of sp³-hybridized carbons (Fsp3) is 0.0870. The van der Waals surface area contributed by atoms with E-state index in [0.717, 1.165) is 5.56 Å². The highest BCUT2D eigenvalue weighted by Gasteiger charge is 2.10. The predicted molar refractivity (Wildman–Crippen MR) is 122 cm³/mol. The summed E-state index contributed by atoms with van der Waals surface area (Å²) in [6.45, 7) is 0.184. The van der Waals surface area contributed by atoms with Gasteiger partial charge in [0.05, 0.1) is 18.9 Å². The lowest BCUT2D eigenvalue weighted by Crippen LogP contribution is -2.24. The van der Waals surface area contributed by atoms with Crippen LogP contribution in [0.5, 0.6) is 11.5 Å². The minimum Gasteiger partial charge on any atom is -0.493 e. The normalized spacial score (nSPS) is 10.6. The number of benzene rings is 3. The molecule has 32 heavy (non-hydrogen) atoms. The molecule has 0 aliphatic carbocycles. The molecule has 0 fully saturated rings. The molecular formula is C23H20ClN3O5. The Morgan fingerprint density at radius 2 is 1.84 bits per heavy atom. The van der Waals surface area contributed by atoms with Crippen LogP contribution in [-0.4, -0.2) is 30.4 Å². The first-order valence-electron chi connectivity index (χ1n) is 9.44. The van der Waals surface area contributed by atoms with E-state index < -0.39 is 12.0 Å². The van der Waals surface area contributed by atoms with Gasteiger partial charge < -0.3 is 19.9 Å². The van der Waals surface area contributed by atoms with Crippen molar-refractivity contribution >= 4 is 35.5 Å². The molecule has 0 saturated carbocycles. The van der Waals surface area contributed by atoms with Crippen LogP contribution in [-0.2, 0) is 6.61 Å². The molecule has 2 amide bonds. The Labute approximate surface area is 189 Å². The summed E-state index contributed by atoms with van der Waals surface area (Å²) in [5.41, 5.74) is 4.46. The van der Waals surface area contributed by atoms with Crippen molar-refractivity contribution in [2.24, 2.45) is 5.10 Å². The molecule has 0 bridgehead atoms. The number of carbonyl (C=O) groups is 2. The Kier molecular flexibility index (Phi) is 7.66. The van der Waals surface area contributed by atoms with Gasteiger partial charge in [0, 0.05) is 16.3 Å². The molecule has 0 aliphatic rings. The van der Waals surface area contributed by atoms with E-state index in [1.54, 1.807) is 54.6 Å². The Morgan fingerprint density at radius 3 is 2.53 bits per heavy atom. The maximum absolute atomic E-state index is 12.0. The lowest BCUT2D eigenvalue weighted by Gasteiger charge is -2.13. The number of rotatable bonds is 8. The lowest BCUT2D eigenvalue weighted by atomic mass is 10.1. The Balaban J connectivity index is 1.67. The topological polar surface area (TPSA) is 109 Å². The third kappa shape index (κ3) is 6.23. The van der Waals surface area contributed by atoms with Crippen LogP contribution < -0.4 is 20.2 Å². The van der Waals surface area contributed by atoms with Crippen LogP contribution in [0.2, 0.25) is 5.02 Å². The van der Waals surface area contributed by atoms with Crippen LogP contribution in [0.4, 0.5) is 10.5 Å². The van der Waals surface area contributed by atoms with Crippen molar-refractivity contribution in [2.45, 2.75) is 6.61 Å². The van der Waals surface area contributed by atoms with Crippen LogP contribution in [0, 0.1) is 0 Å². The highest BCUT2D eigenvalue weighted by molar-refractivity contribution is 6.30. The summed E-state index contributed by atoms with van der Waals surface area (Å²) in [6, 6.07) is 17.8. The summed E-state index contributed by atoms with van der Waals surface area (Å²) in [5, 5.41) is 16.1. The van der Waals surface area contributed by atoms with E-state index in [1.807, 2.05) is 0 Å². The molecule has 0 spiro atoms. The molecule has 3 aromatic carbocycles. The zero-order valence-electron chi connectivity index (χ0n) is 17.0. The molecule has 0 unspecified atom stereocenters. The van der Waals surface area contributed by atoms with Crippen molar-refractivity contribution < 1.29 is 24.2 Å². The fourth-order valence-corrected chi connectivity index (χ4v) is 2.92. The minimum absolute atomic E-state index is 0.184. The monoisotopic (exact) mass is 453 g/mol. The SMILES string of the molecule is COc1cccc(/C=N/NC(=O)Nc2cccc(Cl)c2)c1OCc1ccc(C(=O)O)cc1. The number of para-hydroxylation sites is 1. The van der Waals surface area contributed by atoms with Gasteiger partial charge in [-0.05, 0) is 48.0 Å². The highest BCUT2D eigenvalue weighted by atomic mass is 35.5. The number of urea groups is 1. The van der Waals surface area contributed by atoms with Crippen molar-refractivity contribution in [3.05, 3.63) is 88.4 Å². The summed E-state index contributed by atoms with van der Waals surface area (Å²) >= 11 is 5.90. The zero-order chi connectivity index (χ0) is 22.9. The maximum atomic E-state index is 12.0. The zero-order valence-corrected chi connectivity index (χ0v) is 17.8. The van der Waals surface area contributed by atoms with Gasteiger partial charge in [-0.2, -0.15) is 5.10 Å². The van der Waals surface area contributed by atoms with Crippen LogP contribution in [0.1, 0.15) is 21.5 Å².